The van der Waals surface area contributed by atoms with E-state index >= 15 is 0 Å². The van der Waals surface area contributed by atoms with Crippen molar-refractivity contribution >= 4 is 34.4 Å². The van der Waals surface area contributed by atoms with E-state index in [1.54, 1.807) is 0 Å². The molecule has 0 bridgehead atoms. The van der Waals surface area contributed by atoms with Crippen LogP contribution in [-0.2, 0) is 5.54 Å². The van der Waals surface area contributed by atoms with E-state index in [4.69, 9.17) is 4.98 Å². The van der Waals surface area contributed by atoms with Crippen LogP contribution in [-0.4, -0.2) is 69.1 Å². The number of carbonyl (C=O) groups is 1. The normalized spacial score (nSPS) is 22.3. The van der Waals surface area contributed by atoms with Crippen LogP contribution in [0.4, 0.5) is 17.5 Å². The number of amides is 1. The van der Waals surface area contributed by atoms with Crippen molar-refractivity contribution in [1.82, 2.24) is 29.7 Å². The fourth-order valence-electron chi connectivity index (χ4n) is 6.58. The first-order chi connectivity index (χ1) is 17.7. The molecule has 2 saturated carbocycles. The predicted molar refractivity (Wildman–Crippen MR) is 140 cm³/mol. The molecule has 1 amide bonds. The summed E-state index contributed by atoms with van der Waals surface area (Å²) in [6.45, 7) is 5.06. The second-order valence-electron chi connectivity index (χ2n) is 10.9. The first-order valence-electron chi connectivity index (χ1n) is 13.6. The topological polar surface area (TPSA) is 91.2 Å². The number of fused-ring (bicyclic) bond motifs is 4. The SMILES string of the molecule is O=C1NCC2(CCCCC2)n2c1cc1cnc(Nc3ccc(N4CCN(C5CCC5)CC4)cn3)nc12. The Morgan fingerprint density at radius 3 is 2.53 bits per heavy atom. The van der Waals surface area contributed by atoms with Crippen LogP contribution >= 0.6 is 0 Å². The molecule has 1 saturated heterocycles. The van der Waals surface area contributed by atoms with Gasteiger partial charge in [-0.2, -0.15) is 4.98 Å². The molecular formula is C27H34N8O. The molecule has 1 spiro atoms. The van der Waals surface area contributed by atoms with E-state index in [1.807, 2.05) is 24.5 Å². The summed E-state index contributed by atoms with van der Waals surface area (Å²) in [5, 5.41) is 7.31. The van der Waals surface area contributed by atoms with Crippen molar-refractivity contribution in [3.05, 3.63) is 36.3 Å². The van der Waals surface area contributed by atoms with Crippen molar-refractivity contribution in [2.24, 2.45) is 0 Å². The Bertz CT molecular complexity index is 1270. The van der Waals surface area contributed by atoms with Gasteiger partial charge in [-0.3, -0.25) is 9.69 Å². The van der Waals surface area contributed by atoms with Gasteiger partial charge >= 0.3 is 0 Å². The monoisotopic (exact) mass is 486 g/mol. The minimum absolute atomic E-state index is 0.0236. The Morgan fingerprint density at radius 1 is 0.972 bits per heavy atom. The van der Waals surface area contributed by atoms with Crippen molar-refractivity contribution in [2.45, 2.75) is 62.9 Å². The molecule has 3 fully saturated rings. The molecule has 2 N–H and O–H groups in total. The van der Waals surface area contributed by atoms with Crippen LogP contribution in [0.25, 0.3) is 11.0 Å². The lowest BCUT2D eigenvalue weighted by molar-refractivity contribution is 0.0833. The van der Waals surface area contributed by atoms with Crippen LogP contribution in [0.5, 0.6) is 0 Å². The number of pyridine rings is 1. The van der Waals surface area contributed by atoms with Crippen LogP contribution in [0.2, 0.25) is 0 Å². The molecule has 7 rings (SSSR count). The van der Waals surface area contributed by atoms with Gasteiger partial charge < -0.3 is 20.1 Å². The van der Waals surface area contributed by atoms with Crippen molar-refractivity contribution in [3.63, 3.8) is 0 Å². The maximum atomic E-state index is 12.7. The van der Waals surface area contributed by atoms with Crippen molar-refractivity contribution in [1.29, 1.82) is 0 Å². The highest BCUT2D eigenvalue weighted by Crippen LogP contribution is 2.40. The van der Waals surface area contributed by atoms with Crippen LogP contribution in [0.15, 0.2) is 30.6 Å². The summed E-state index contributed by atoms with van der Waals surface area (Å²) in [6.07, 6.45) is 13.6. The minimum atomic E-state index is -0.0859. The zero-order valence-corrected chi connectivity index (χ0v) is 20.7. The molecule has 5 heterocycles. The molecule has 0 atom stereocenters. The van der Waals surface area contributed by atoms with Crippen molar-refractivity contribution in [2.75, 3.05) is 42.9 Å². The number of aromatic nitrogens is 4. The molecule has 4 aliphatic rings. The fourth-order valence-corrected chi connectivity index (χ4v) is 6.58. The van der Waals surface area contributed by atoms with Gasteiger partial charge in [0.2, 0.25) is 5.95 Å². The molecule has 9 nitrogen and oxygen atoms in total. The molecule has 0 radical (unpaired) electrons. The smallest absolute Gasteiger partial charge is 0.268 e. The Labute approximate surface area is 211 Å². The third kappa shape index (κ3) is 3.72. The van der Waals surface area contributed by atoms with E-state index in [1.165, 1.54) is 38.5 Å². The van der Waals surface area contributed by atoms with Crippen molar-refractivity contribution < 1.29 is 4.79 Å². The highest BCUT2D eigenvalue weighted by molar-refractivity contribution is 5.99. The minimum Gasteiger partial charge on any atom is -0.368 e. The number of carbonyl (C=O) groups excluding carboxylic acids is 1. The van der Waals surface area contributed by atoms with Gasteiger partial charge in [0.05, 0.1) is 17.4 Å². The van der Waals surface area contributed by atoms with Gasteiger partial charge in [-0.15, -0.1) is 0 Å². The van der Waals surface area contributed by atoms with E-state index in [-0.39, 0.29) is 11.4 Å². The van der Waals surface area contributed by atoms with E-state index in [0.717, 1.165) is 67.6 Å². The summed E-state index contributed by atoms with van der Waals surface area (Å²) in [5.74, 6) is 1.21. The van der Waals surface area contributed by atoms with Gasteiger partial charge in [0.1, 0.15) is 17.2 Å². The Kier molecular flexibility index (Phi) is 5.34. The molecule has 9 heteroatoms. The predicted octanol–water partition coefficient (Wildman–Crippen LogP) is 3.65. The average Bonchev–Trinajstić information content (AvgIpc) is 3.28. The van der Waals surface area contributed by atoms with Gasteiger partial charge in [-0.1, -0.05) is 25.7 Å². The van der Waals surface area contributed by atoms with Gasteiger partial charge in [0.15, 0.2) is 0 Å². The fraction of sp³-hybridized carbons (Fsp3) is 0.556. The van der Waals surface area contributed by atoms with Gasteiger partial charge in [-0.05, 0) is 43.9 Å². The molecule has 0 aromatic carbocycles. The van der Waals surface area contributed by atoms with Gasteiger partial charge in [0, 0.05) is 50.3 Å². The molecule has 188 valence electrons. The molecule has 36 heavy (non-hydrogen) atoms. The average molecular weight is 487 g/mol. The highest BCUT2D eigenvalue weighted by atomic mass is 16.2. The number of hydrogen-bond donors (Lipinski definition) is 2. The lowest BCUT2D eigenvalue weighted by Gasteiger charge is -2.43. The quantitative estimate of drug-likeness (QED) is 0.582. The molecular weight excluding hydrogens is 452 g/mol. The number of nitrogens with zero attached hydrogens (tertiary/aromatic N) is 6. The zero-order chi connectivity index (χ0) is 24.1. The molecule has 2 aliphatic carbocycles. The Hall–Kier alpha value is -3.20. The summed E-state index contributed by atoms with van der Waals surface area (Å²) in [4.78, 5) is 31.8. The number of nitrogens with one attached hydrogen (secondary N) is 2. The van der Waals surface area contributed by atoms with Crippen molar-refractivity contribution in [3.8, 4) is 0 Å². The van der Waals surface area contributed by atoms with E-state index in [2.05, 4.69) is 41.0 Å². The number of anilines is 3. The van der Waals surface area contributed by atoms with Gasteiger partial charge in [-0.25, -0.2) is 9.97 Å². The first-order valence-corrected chi connectivity index (χ1v) is 13.6. The van der Waals surface area contributed by atoms with E-state index < -0.39 is 0 Å². The zero-order valence-electron chi connectivity index (χ0n) is 20.7. The molecule has 2 aliphatic heterocycles. The highest BCUT2D eigenvalue weighted by Gasteiger charge is 2.41. The number of piperazine rings is 1. The third-order valence-corrected chi connectivity index (χ3v) is 8.87. The number of hydrogen-bond acceptors (Lipinski definition) is 7. The Balaban J connectivity index is 1.10. The van der Waals surface area contributed by atoms with Crippen LogP contribution < -0.4 is 15.5 Å². The second kappa shape index (κ2) is 8.73. The van der Waals surface area contributed by atoms with E-state index in [9.17, 15) is 4.79 Å². The van der Waals surface area contributed by atoms with Crippen LogP contribution in [0.3, 0.4) is 0 Å². The lowest BCUT2D eigenvalue weighted by Crippen LogP contribution is -2.52. The number of rotatable bonds is 4. The maximum absolute atomic E-state index is 12.7. The lowest BCUT2D eigenvalue weighted by atomic mass is 9.80. The summed E-state index contributed by atoms with van der Waals surface area (Å²) in [5.41, 5.74) is 2.61. The molecule has 3 aromatic rings. The standard InChI is InChI=1S/C27H34N8O/c36-25-22-15-19-16-29-26(32-24(19)35(22)27(18-30-25)9-2-1-3-10-27)31-23-8-7-21(17-28-23)34-13-11-33(12-14-34)20-5-4-6-20/h7-8,15-17,20H,1-6,9-14,18H2,(H,30,36)(H,28,29,31,32). The Morgan fingerprint density at radius 2 is 1.81 bits per heavy atom. The maximum Gasteiger partial charge on any atom is 0.268 e. The third-order valence-electron chi connectivity index (χ3n) is 8.87. The summed E-state index contributed by atoms with van der Waals surface area (Å²) in [7, 11) is 0. The molecule has 3 aromatic heterocycles. The summed E-state index contributed by atoms with van der Waals surface area (Å²) in [6, 6.07) is 6.89. The first kappa shape index (κ1) is 22.0. The van der Waals surface area contributed by atoms with Crippen LogP contribution in [0, 0.1) is 0 Å². The second-order valence-corrected chi connectivity index (χ2v) is 10.9. The summed E-state index contributed by atoms with van der Waals surface area (Å²) < 4.78 is 2.20. The largest absolute Gasteiger partial charge is 0.368 e. The summed E-state index contributed by atoms with van der Waals surface area (Å²) >= 11 is 0. The van der Waals surface area contributed by atoms with Gasteiger partial charge in [0.25, 0.3) is 5.91 Å². The van der Waals surface area contributed by atoms with E-state index in [0.29, 0.717) is 18.2 Å². The molecule has 0 unspecified atom stereocenters. The van der Waals surface area contributed by atoms with Crippen LogP contribution in [0.1, 0.15) is 61.9 Å².